The molecular formula is C11H21NO3. The minimum absolute atomic E-state index is 0.0456. The van der Waals surface area contributed by atoms with Crippen LogP contribution in [0.5, 0.6) is 0 Å². The highest BCUT2D eigenvalue weighted by atomic mass is 16.4. The summed E-state index contributed by atoms with van der Waals surface area (Å²) in [6.07, 6.45) is 3.65. The Morgan fingerprint density at radius 3 is 2.27 bits per heavy atom. The molecule has 88 valence electrons. The van der Waals surface area contributed by atoms with Gasteiger partial charge in [-0.25, -0.2) is 0 Å². The van der Waals surface area contributed by atoms with Crippen LogP contribution in [-0.4, -0.2) is 41.4 Å². The van der Waals surface area contributed by atoms with Crippen LogP contribution in [0.25, 0.3) is 0 Å². The summed E-state index contributed by atoms with van der Waals surface area (Å²) >= 11 is 0. The standard InChI is InChI=1S/C11H21NO3/c1-3-5-6-7-10(13)8-12(4-2)9-11(14)15/h3-9H2,1-2H3,(H,14,15). The number of carbonyl (C=O) groups excluding carboxylic acids is 1. The fourth-order valence-electron chi connectivity index (χ4n) is 1.37. The zero-order valence-corrected chi connectivity index (χ0v) is 9.66. The normalized spacial score (nSPS) is 10.6. The number of hydrogen-bond donors (Lipinski definition) is 1. The Kier molecular flexibility index (Phi) is 7.91. The highest BCUT2D eigenvalue weighted by molar-refractivity contribution is 5.81. The lowest BCUT2D eigenvalue weighted by atomic mass is 10.1. The highest BCUT2D eigenvalue weighted by Crippen LogP contribution is 2.01. The van der Waals surface area contributed by atoms with Gasteiger partial charge in [0.15, 0.2) is 0 Å². The monoisotopic (exact) mass is 215 g/mol. The van der Waals surface area contributed by atoms with Crippen LogP contribution in [0.2, 0.25) is 0 Å². The Bertz CT molecular complexity index is 204. The Balaban J connectivity index is 3.75. The maximum atomic E-state index is 11.4. The van der Waals surface area contributed by atoms with E-state index in [2.05, 4.69) is 6.92 Å². The average molecular weight is 215 g/mol. The van der Waals surface area contributed by atoms with E-state index in [-0.39, 0.29) is 18.9 Å². The number of ketones is 1. The van der Waals surface area contributed by atoms with Crippen LogP contribution in [-0.2, 0) is 9.59 Å². The third-order valence-corrected chi connectivity index (χ3v) is 2.27. The van der Waals surface area contributed by atoms with Crippen LogP contribution in [0, 0.1) is 0 Å². The van der Waals surface area contributed by atoms with E-state index in [1.165, 1.54) is 0 Å². The lowest BCUT2D eigenvalue weighted by Crippen LogP contribution is -2.34. The van der Waals surface area contributed by atoms with Crippen molar-refractivity contribution in [2.75, 3.05) is 19.6 Å². The molecule has 0 aromatic carbocycles. The molecule has 0 rings (SSSR count). The first-order valence-corrected chi connectivity index (χ1v) is 5.56. The van der Waals surface area contributed by atoms with Gasteiger partial charge >= 0.3 is 5.97 Å². The predicted molar refractivity (Wildman–Crippen MR) is 58.9 cm³/mol. The molecule has 0 aliphatic rings. The van der Waals surface area contributed by atoms with Crippen molar-refractivity contribution in [2.24, 2.45) is 0 Å². The summed E-state index contributed by atoms with van der Waals surface area (Å²) in [4.78, 5) is 23.5. The zero-order chi connectivity index (χ0) is 11.7. The van der Waals surface area contributed by atoms with Gasteiger partial charge in [0, 0.05) is 6.42 Å². The lowest BCUT2D eigenvalue weighted by Gasteiger charge is -2.16. The van der Waals surface area contributed by atoms with E-state index in [0.29, 0.717) is 13.0 Å². The van der Waals surface area contributed by atoms with Crippen LogP contribution in [0.1, 0.15) is 39.5 Å². The molecule has 0 aromatic heterocycles. The van der Waals surface area contributed by atoms with Crippen molar-refractivity contribution in [2.45, 2.75) is 39.5 Å². The molecule has 0 fully saturated rings. The third kappa shape index (κ3) is 8.12. The SMILES string of the molecule is CCCCCC(=O)CN(CC)CC(=O)O. The lowest BCUT2D eigenvalue weighted by molar-refractivity contribution is -0.138. The summed E-state index contributed by atoms with van der Waals surface area (Å²) in [7, 11) is 0. The molecule has 4 nitrogen and oxygen atoms in total. The fraction of sp³-hybridized carbons (Fsp3) is 0.818. The molecule has 0 atom stereocenters. The molecule has 0 aliphatic carbocycles. The quantitative estimate of drug-likeness (QED) is 0.593. The summed E-state index contributed by atoms with van der Waals surface area (Å²) in [6.45, 7) is 4.78. The minimum atomic E-state index is -0.877. The van der Waals surface area contributed by atoms with Crippen LogP contribution in [0.3, 0.4) is 0 Å². The first-order chi connectivity index (χ1) is 7.10. The van der Waals surface area contributed by atoms with Crippen molar-refractivity contribution in [3.05, 3.63) is 0 Å². The van der Waals surface area contributed by atoms with Crippen LogP contribution in [0.4, 0.5) is 0 Å². The molecule has 4 heteroatoms. The van der Waals surface area contributed by atoms with Crippen molar-refractivity contribution in [3.63, 3.8) is 0 Å². The number of carboxylic acids is 1. The van der Waals surface area contributed by atoms with Gasteiger partial charge in [-0.15, -0.1) is 0 Å². The second-order valence-corrected chi connectivity index (χ2v) is 3.69. The van der Waals surface area contributed by atoms with E-state index >= 15 is 0 Å². The Labute approximate surface area is 91.3 Å². The number of carbonyl (C=O) groups is 2. The van der Waals surface area contributed by atoms with Crippen LogP contribution >= 0.6 is 0 Å². The second kappa shape index (κ2) is 8.41. The number of nitrogens with zero attached hydrogens (tertiary/aromatic N) is 1. The molecule has 0 heterocycles. The first-order valence-electron chi connectivity index (χ1n) is 5.56. The molecule has 0 unspecified atom stereocenters. The van der Waals surface area contributed by atoms with E-state index in [4.69, 9.17) is 5.11 Å². The smallest absolute Gasteiger partial charge is 0.317 e. The van der Waals surface area contributed by atoms with E-state index in [0.717, 1.165) is 19.3 Å². The summed E-state index contributed by atoms with van der Waals surface area (Å²) in [5, 5.41) is 8.59. The molecule has 0 saturated carbocycles. The molecule has 0 radical (unpaired) electrons. The Morgan fingerprint density at radius 2 is 1.80 bits per heavy atom. The van der Waals surface area contributed by atoms with Gasteiger partial charge in [0.1, 0.15) is 5.78 Å². The number of rotatable bonds is 9. The number of Topliss-reactive ketones (excluding diaryl/α,β-unsaturated/α-hetero) is 1. The van der Waals surface area contributed by atoms with Gasteiger partial charge in [-0.2, -0.15) is 0 Å². The summed E-state index contributed by atoms with van der Waals surface area (Å²) in [5.41, 5.74) is 0. The number of unbranched alkanes of at least 4 members (excludes halogenated alkanes) is 2. The molecule has 0 saturated heterocycles. The molecule has 0 amide bonds. The summed E-state index contributed by atoms with van der Waals surface area (Å²) in [6, 6.07) is 0. The largest absolute Gasteiger partial charge is 0.480 e. The number of aliphatic carboxylic acids is 1. The minimum Gasteiger partial charge on any atom is -0.480 e. The van der Waals surface area contributed by atoms with E-state index in [9.17, 15) is 9.59 Å². The second-order valence-electron chi connectivity index (χ2n) is 3.69. The van der Waals surface area contributed by atoms with Crippen molar-refractivity contribution >= 4 is 11.8 Å². The zero-order valence-electron chi connectivity index (χ0n) is 9.66. The van der Waals surface area contributed by atoms with Crippen molar-refractivity contribution in [1.82, 2.24) is 4.90 Å². The summed E-state index contributed by atoms with van der Waals surface area (Å²) in [5.74, 6) is -0.732. The molecule has 15 heavy (non-hydrogen) atoms. The molecule has 0 bridgehead atoms. The fourth-order valence-corrected chi connectivity index (χ4v) is 1.37. The Hall–Kier alpha value is -0.900. The average Bonchev–Trinajstić information content (AvgIpc) is 2.16. The van der Waals surface area contributed by atoms with Gasteiger partial charge in [-0.3, -0.25) is 14.5 Å². The Morgan fingerprint density at radius 1 is 1.13 bits per heavy atom. The topological polar surface area (TPSA) is 57.6 Å². The third-order valence-electron chi connectivity index (χ3n) is 2.27. The van der Waals surface area contributed by atoms with Crippen molar-refractivity contribution < 1.29 is 14.7 Å². The molecular weight excluding hydrogens is 194 g/mol. The van der Waals surface area contributed by atoms with Gasteiger partial charge in [0.2, 0.25) is 0 Å². The van der Waals surface area contributed by atoms with Crippen molar-refractivity contribution in [1.29, 1.82) is 0 Å². The molecule has 0 spiro atoms. The van der Waals surface area contributed by atoms with E-state index in [1.807, 2.05) is 6.92 Å². The number of hydrogen-bond acceptors (Lipinski definition) is 3. The maximum Gasteiger partial charge on any atom is 0.317 e. The molecule has 0 aromatic rings. The van der Waals surface area contributed by atoms with Crippen molar-refractivity contribution in [3.8, 4) is 0 Å². The van der Waals surface area contributed by atoms with E-state index < -0.39 is 5.97 Å². The van der Waals surface area contributed by atoms with Gasteiger partial charge in [0.25, 0.3) is 0 Å². The van der Waals surface area contributed by atoms with Crippen LogP contribution < -0.4 is 0 Å². The predicted octanol–water partition coefficient (Wildman–Crippen LogP) is 1.54. The number of likely N-dealkylation sites (N-methyl/N-ethyl adjacent to an activating group) is 1. The number of carboxylic acid groups (broad SMARTS) is 1. The van der Waals surface area contributed by atoms with Crippen LogP contribution in [0.15, 0.2) is 0 Å². The first kappa shape index (κ1) is 14.1. The summed E-state index contributed by atoms with van der Waals surface area (Å²) < 4.78 is 0. The maximum absolute atomic E-state index is 11.4. The van der Waals surface area contributed by atoms with Gasteiger partial charge in [-0.1, -0.05) is 26.7 Å². The van der Waals surface area contributed by atoms with E-state index in [1.54, 1.807) is 4.90 Å². The van der Waals surface area contributed by atoms with Gasteiger partial charge in [0.05, 0.1) is 13.1 Å². The van der Waals surface area contributed by atoms with Gasteiger partial charge < -0.3 is 5.11 Å². The molecule has 0 aliphatic heterocycles. The van der Waals surface area contributed by atoms with Gasteiger partial charge in [-0.05, 0) is 13.0 Å². The highest BCUT2D eigenvalue weighted by Gasteiger charge is 2.11. The molecule has 1 N–H and O–H groups in total.